The van der Waals surface area contributed by atoms with Gasteiger partial charge in [0.2, 0.25) is 17.8 Å². The zero-order valence-electron chi connectivity index (χ0n) is 28.9. The summed E-state index contributed by atoms with van der Waals surface area (Å²) in [4.78, 5) is 41.5. The normalized spacial score (nSPS) is 19.6. The Labute approximate surface area is 308 Å². The number of rotatable bonds is 7. The highest BCUT2D eigenvalue weighted by molar-refractivity contribution is 6.00. The second-order valence-corrected chi connectivity index (χ2v) is 13.5. The molecule has 14 heteroatoms. The number of nitrogen functional groups attached to an aromatic ring is 1. The van der Waals surface area contributed by atoms with E-state index >= 15 is 0 Å². The number of aliphatic hydroxyl groups excluding tert-OH is 3. The molecule has 0 radical (unpaired) electrons. The molecule has 54 heavy (non-hydrogen) atoms. The molecule has 272 valence electrons. The van der Waals surface area contributed by atoms with Gasteiger partial charge in [-0.25, -0.2) is 9.78 Å². The molecule has 2 aromatic heterocycles. The quantitative estimate of drug-likeness (QED) is 0.167. The number of hydrogen-bond donors (Lipinski definition) is 4. The lowest BCUT2D eigenvalue weighted by molar-refractivity contribution is -0.116. The van der Waals surface area contributed by atoms with Crippen LogP contribution in [0, 0.1) is 0 Å². The summed E-state index contributed by atoms with van der Waals surface area (Å²) in [7, 11) is 0. The van der Waals surface area contributed by atoms with Gasteiger partial charge < -0.3 is 35.3 Å². The van der Waals surface area contributed by atoms with Gasteiger partial charge in [0.25, 0.3) is 5.88 Å². The zero-order chi connectivity index (χ0) is 37.2. The first-order valence-electron chi connectivity index (χ1n) is 17.4. The fourth-order valence-electron chi connectivity index (χ4n) is 7.92. The molecule has 3 heterocycles. The van der Waals surface area contributed by atoms with Gasteiger partial charge in [-0.2, -0.15) is 9.97 Å². The first kappa shape index (κ1) is 33.6. The number of aromatic nitrogens is 4. The van der Waals surface area contributed by atoms with Crippen molar-refractivity contribution in [2.45, 2.75) is 43.8 Å². The van der Waals surface area contributed by atoms with Gasteiger partial charge in [-0.05, 0) is 63.1 Å². The topological polar surface area (TPSA) is 195 Å². The number of amides is 1. The molecule has 4 aromatic carbocycles. The average molecular weight is 727 g/mol. The molecule has 0 unspecified atom stereocenters. The molecule has 5 N–H and O–H groups in total. The molecule has 0 spiro atoms. The third kappa shape index (κ3) is 5.38. The van der Waals surface area contributed by atoms with E-state index in [2.05, 4.69) is 16.0 Å². The smallest absolute Gasteiger partial charge is 0.433 e. The number of benzene rings is 4. The van der Waals surface area contributed by atoms with E-state index in [-0.39, 0.29) is 41.5 Å². The molecule has 0 saturated carbocycles. The lowest BCUT2D eigenvalue weighted by Gasteiger charge is -2.25. The fourth-order valence-corrected chi connectivity index (χ4v) is 7.92. The van der Waals surface area contributed by atoms with Gasteiger partial charge in [-0.1, -0.05) is 78.9 Å². The van der Waals surface area contributed by atoms with Crippen LogP contribution in [-0.4, -0.2) is 78.4 Å². The standard InChI is InChI=1S/C40H34N6O8/c1-20(48)45(23-14-15-25-22(17-23)16-21-8-2-3-9-24(21)25)39-42-32-35(46(39)37-34(50)33(49)31(18-47)53-37)43-38(41)44-36(32)54-40(51)52-19-30-28-12-6-4-10-26(28)27-11-5-7-13-29(27)30/h2-15,17,30-31,33-34,37,47,49-50H,16,18-19H2,1H3,(H2,41,43,44)/t31-,33-,34-,37-/m1/s1. The average Bonchev–Trinajstić information content (AvgIpc) is 3.90. The maximum absolute atomic E-state index is 13.6. The highest BCUT2D eigenvalue weighted by atomic mass is 16.7. The van der Waals surface area contributed by atoms with Crippen molar-refractivity contribution in [3.63, 3.8) is 0 Å². The maximum atomic E-state index is 13.6. The van der Waals surface area contributed by atoms with Crippen molar-refractivity contribution in [3.8, 4) is 28.1 Å². The molecular formula is C40H34N6O8. The van der Waals surface area contributed by atoms with Crippen LogP contribution < -0.4 is 15.4 Å². The van der Waals surface area contributed by atoms with Crippen LogP contribution in [0.3, 0.4) is 0 Å². The lowest BCUT2D eigenvalue weighted by Crippen LogP contribution is -2.34. The number of ether oxygens (including phenoxy) is 3. The highest BCUT2D eigenvalue weighted by Crippen LogP contribution is 2.45. The Morgan fingerprint density at radius 2 is 1.54 bits per heavy atom. The lowest BCUT2D eigenvalue weighted by atomic mass is 9.98. The van der Waals surface area contributed by atoms with Crippen LogP contribution in [0.25, 0.3) is 33.4 Å². The highest BCUT2D eigenvalue weighted by Gasteiger charge is 2.46. The van der Waals surface area contributed by atoms with Gasteiger partial charge in [-0.15, -0.1) is 0 Å². The van der Waals surface area contributed by atoms with Gasteiger partial charge in [0.1, 0.15) is 24.9 Å². The molecule has 1 aliphatic heterocycles. The Morgan fingerprint density at radius 3 is 2.22 bits per heavy atom. The molecule has 1 fully saturated rings. The molecular weight excluding hydrogens is 692 g/mol. The summed E-state index contributed by atoms with van der Waals surface area (Å²) < 4.78 is 18.5. The monoisotopic (exact) mass is 726 g/mol. The van der Waals surface area contributed by atoms with Crippen molar-refractivity contribution in [2.75, 3.05) is 23.8 Å². The summed E-state index contributed by atoms with van der Waals surface area (Å²) >= 11 is 0. The third-order valence-corrected chi connectivity index (χ3v) is 10.3. The molecule has 9 rings (SSSR count). The predicted molar refractivity (Wildman–Crippen MR) is 196 cm³/mol. The van der Waals surface area contributed by atoms with Crippen LogP contribution in [0.2, 0.25) is 0 Å². The molecule has 1 amide bonds. The van der Waals surface area contributed by atoms with E-state index in [9.17, 15) is 24.9 Å². The number of anilines is 3. The molecule has 14 nitrogen and oxygen atoms in total. The van der Waals surface area contributed by atoms with E-state index in [4.69, 9.17) is 24.9 Å². The fraction of sp³-hybridized carbons (Fsp3) is 0.225. The minimum absolute atomic E-state index is 0.0287. The summed E-state index contributed by atoms with van der Waals surface area (Å²) in [5, 5.41) is 31.9. The Kier molecular flexibility index (Phi) is 8.12. The first-order chi connectivity index (χ1) is 26.2. The van der Waals surface area contributed by atoms with Crippen LogP contribution in [-0.2, 0) is 20.7 Å². The number of carbonyl (C=O) groups is 2. The van der Waals surface area contributed by atoms with Gasteiger partial charge >= 0.3 is 6.16 Å². The van der Waals surface area contributed by atoms with Crippen LogP contribution in [0.5, 0.6) is 5.88 Å². The van der Waals surface area contributed by atoms with Crippen molar-refractivity contribution in [1.82, 2.24) is 19.5 Å². The summed E-state index contributed by atoms with van der Waals surface area (Å²) in [6.45, 7) is 0.710. The Bertz CT molecular complexity index is 2440. The van der Waals surface area contributed by atoms with Gasteiger partial charge in [0.05, 0.1) is 12.3 Å². The van der Waals surface area contributed by atoms with Gasteiger partial charge in [0, 0.05) is 12.8 Å². The first-order valence-corrected chi connectivity index (χ1v) is 17.4. The van der Waals surface area contributed by atoms with E-state index in [0.717, 1.165) is 44.5 Å². The third-order valence-electron chi connectivity index (χ3n) is 10.3. The number of aliphatic hydroxyl groups is 3. The van der Waals surface area contributed by atoms with E-state index in [1.807, 2.05) is 78.9 Å². The van der Waals surface area contributed by atoms with Crippen LogP contribution >= 0.6 is 0 Å². The number of nitrogens with zero attached hydrogens (tertiary/aromatic N) is 5. The summed E-state index contributed by atoms with van der Waals surface area (Å²) in [6.07, 6.45) is -6.10. The second kappa shape index (κ2) is 13.0. The second-order valence-electron chi connectivity index (χ2n) is 13.5. The van der Waals surface area contributed by atoms with Crippen LogP contribution in [0.15, 0.2) is 91.0 Å². The van der Waals surface area contributed by atoms with Crippen molar-refractivity contribution in [1.29, 1.82) is 0 Å². The van der Waals surface area contributed by atoms with Crippen molar-refractivity contribution >= 4 is 40.8 Å². The number of fused-ring (bicyclic) bond motifs is 7. The summed E-state index contributed by atoms with van der Waals surface area (Å²) in [5.74, 6) is -1.49. The Hall–Kier alpha value is -6.19. The van der Waals surface area contributed by atoms with Crippen molar-refractivity contribution < 1.29 is 39.1 Å². The number of hydrogen-bond acceptors (Lipinski definition) is 12. The minimum atomic E-state index is -1.59. The molecule has 2 aliphatic carbocycles. The maximum Gasteiger partial charge on any atom is 0.515 e. The van der Waals surface area contributed by atoms with Crippen molar-refractivity contribution in [3.05, 3.63) is 113 Å². The molecule has 6 aromatic rings. The van der Waals surface area contributed by atoms with Crippen LogP contribution in [0.1, 0.15) is 41.3 Å². The molecule has 4 atom stereocenters. The van der Waals surface area contributed by atoms with Gasteiger partial charge in [-0.3, -0.25) is 14.3 Å². The zero-order valence-corrected chi connectivity index (χ0v) is 28.9. The number of carbonyl (C=O) groups excluding carboxylic acids is 2. The van der Waals surface area contributed by atoms with E-state index in [0.29, 0.717) is 12.1 Å². The number of nitrogens with two attached hydrogens (primary N) is 1. The summed E-state index contributed by atoms with van der Waals surface area (Å²) in [5.41, 5.74) is 14.8. The predicted octanol–water partition coefficient (Wildman–Crippen LogP) is 4.60. The van der Waals surface area contributed by atoms with Crippen molar-refractivity contribution in [2.24, 2.45) is 0 Å². The van der Waals surface area contributed by atoms with E-state index in [1.54, 1.807) is 6.07 Å². The molecule has 1 saturated heterocycles. The Balaban J connectivity index is 1.10. The SMILES string of the molecule is CC(=O)N(c1ccc2c(c1)Cc1ccccc1-2)c1nc2c(OC(=O)OCC3c4ccccc4-c4ccccc43)nc(N)nc2n1[C@@H]1O[C@H](CO)[C@@H](O)[C@H]1O. The van der Waals surface area contributed by atoms with E-state index < -0.39 is 43.2 Å². The minimum Gasteiger partial charge on any atom is -0.433 e. The number of imidazole rings is 1. The molecule has 0 bridgehead atoms. The largest absolute Gasteiger partial charge is 0.515 e. The van der Waals surface area contributed by atoms with Gasteiger partial charge in [0.15, 0.2) is 17.4 Å². The Morgan fingerprint density at radius 1 is 0.870 bits per heavy atom. The van der Waals surface area contributed by atoms with Crippen LogP contribution in [0.4, 0.5) is 22.4 Å². The summed E-state index contributed by atoms with van der Waals surface area (Å²) in [6, 6.07) is 29.5. The van der Waals surface area contributed by atoms with E-state index in [1.165, 1.54) is 16.4 Å². The molecule has 3 aliphatic rings.